The van der Waals surface area contributed by atoms with Crippen LogP contribution >= 0.6 is 0 Å². The van der Waals surface area contributed by atoms with E-state index in [4.69, 9.17) is 0 Å². The van der Waals surface area contributed by atoms with E-state index in [1.807, 2.05) is 41.1 Å². The van der Waals surface area contributed by atoms with Crippen molar-refractivity contribution >= 4 is 23.3 Å². The van der Waals surface area contributed by atoms with Gasteiger partial charge >= 0.3 is 0 Å². The predicted molar refractivity (Wildman–Crippen MR) is 148 cm³/mol. The Labute approximate surface area is 221 Å². The van der Waals surface area contributed by atoms with Gasteiger partial charge in [-0.15, -0.1) is 0 Å². The van der Waals surface area contributed by atoms with E-state index in [0.717, 1.165) is 36.1 Å². The Kier molecular flexibility index (Phi) is 9.49. The van der Waals surface area contributed by atoms with Crippen LogP contribution in [0.4, 0.5) is 5.69 Å². The van der Waals surface area contributed by atoms with Crippen molar-refractivity contribution in [3.63, 3.8) is 0 Å². The monoisotopic (exact) mass is 506 g/mol. The number of hydrogen-bond donors (Lipinski definition) is 1. The number of nitrogens with one attached hydrogen (secondary N) is 1. The molecule has 37 heavy (non-hydrogen) atoms. The smallest absolute Gasteiger partial charge is 0.256 e. The van der Waals surface area contributed by atoms with Gasteiger partial charge in [0.2, 0.25) is 5.91 Å². The maximum Gasteiger partial charge on any atom is 0.256 e. The molecular formula is C30H42N4O3. The number of carbonyl (C=O) groups is 3. The molecule has 0 aromatic heterocycles. The van der Waals surface area contributed by atoms with Gasteiger partial charge in [0.25, 0.3) is 5.91 Å². The molecular weight excluding hydrogens is 464 g/mol. The first kappa shape index (κ1) is 28.4. The zero-order chi connectivity index (χ0) is 25.8. The van der Waals surface area contributed by atoms with Crippen molar-refractivity contribution in [2.45, 2.75) is 67.0 Å². The molecule has 0 saturated heterocycles. The summed E-state index contributed by atoms with van der Waals surface area (Å²) in [7, 11) is 1.79. The van der Waals surface area contributed by atoms with Crippen LogP contribution in [0.1, 0.15) is 73.1 Å². The van der Waals surface area contributed by atoms with Gasteiger partial charge in [-0.1, -0.05) is 51.6 Å². The Bertz CT molecular complexity index is 1120. The molecule has 7 heteroatoms. The van der Waals surface area contributed by atoms with E-state index in [1.165, 1.54) is 11.1 Å². The van der Waals surface area contributed by atoms with Gasteiger partial charge in [-0.3, -0.25) is 19.4 Å². The van der Waals surface area contributed by atoms with Crippen LogP contribution < -0.4 is 10.2 Å². The van der Waals surface area contributed by atoms with Crippen molar-refractivity contribution in [3.8, 4) is 0 Å². The minimum absolute atomic E-state index is 0. The van der Waals surface area contributed by atoms with Crippen LogP contribution in [0.5, 0.6) is 0 Å². The predicted octanol–water partition coefficient (Wildman–Crippen LogP) is 4.51. The number of benzene rings is 2. The second-order valence-electron chi connectivity index (χ2n) is 10.5. The summed E-state index contributed by atoms with van der Waals surface area (Å²) in [5, 5.41) is 6.70. The summed E-state index contributed by atoms with van der Waals surface area (Å²) in [5.74, 6) is 0.508. The molecule has 7 nitrogen and oxygen atoms in total. The Morgan fingerprint density at radius 3 is 2.35 bits per heavy atom. The number of fused-ring (bicyclic) bond motifs is 2. The Hall–Kier alpha value is -3.19. The highest BCUT2D eigenvalue weighted by atomic mass is 16.2. The van der Waals surface area contributed by atoms with Crippen molar-refractivity contribution in [2.75, 3.05) is 31.6 Å². The molecule has 1 aliphatic carbocycles. The molecule has 0 spiro atoms. The number of hydrazine groups is 1. The number of anilines is 1. The molecule has 1 heterocycles. The SMILES string of the molecule is C.Cc1cc2c(cc1N(CC(=O)NCCCC(C)C)CC(=O)N(C)N1Cc3ccccc3C1)C(=O)CC2. The number of carbonyl (C=O) groups excluding carboxylic acids is 3. The lowest BCUT2D eigenvalue weighted by molar-refractivity contribution is -0.145. The van der Waals surface area contributed by atoms with Gasteiger partial charge in [0.1, 0.15) is 0 Å². The number of amides is 2. The first-order valence-electron chi connectivity index (χ1n) is 13.0. The van der Waals surface area contributed by atoms with Gasteiger partial charge in [-0.05, 0) is 60.4 Å². The number of Topliss-reactive ketones (excluding diaryl/α,β-unsaturated/α-hetero) is 1. The van der Waals surface area contributed by atoms with Crippen molar-refractivity contribution in [3.05, 3.63) is 64.2 Å². The third-order valence-electron chi connectivity index (χ3n) is 7.23. The van der Waals surface area contributed by atoms with Crippen LogP contribution in [-0.4, -0.2) is 54.3 Å². The third-order valence-corrected chi connectivity index (χ3v) is 7.23. The van der Waals surface area contributed by atoms with E-state index < -0.39 is 0 Å². The van der Waals surface area contributed by atoms with E-state index >= 15 is 0 Å². The number of rotatable bonds is 10. The average molecular weight is 507 g/mol. The average Bonchev–Trinajstić information content (AvgIpc) is 3.43. The van der Waals surface area contributed by atoms with Gasteiger partial charge in [0.15, 0.2) is 5.78 Å². The van der Waals surface area contributed by atoms with E-state index in [9.17, 15) is 14.4 Å². The summed E-state index contributed by atoms with van der Waals surface area (Å²) in [4.78, 5) is 40.6. The van der Waals surface area contributed by atoms with Crippen LogP contribution in [0.25, 0.3) is 0 Å². The normalized spacial score (nSPS) is 14.2. The van der Waals surface area contributed by atoms with E-state index in [2.05, 4.69) is 31.3 Å². The molecule has 1 aliphatic heterocycles. The highest BCUT2D eigenvalue weighted by molar-refractivity contribution is 6.01. The number of hydrogen-bond acceptors (Lipinski definition) is 5. The maximum atomic E-state index is 13.4. The fourth-order valence-corrected chi connectivity index (χ4v) is 5.09. The molecule has 200 valence electrons. The third kappa shape index (κ3) is 6.77. The molecule has 1 N–H and O–H groups in total. The first-order valence-corrected chi connectivity index (χ1v) is 13.0. The Morgan fingerprint density at radius 1 is 1.03 bits per heavy atom. The van der Waals surface area contributed by atoms with Crippen LogP contribution in [0.2, 0.25) is 0 Å². The number of likely N-dealkylation sites (N-methyl/N-ethyl adjacent to an activating group) is 1. The zero-order valence-electron chi connectivity index (χ0n) is 22.0. The van der Waals surface area contributed by atoms with Crippen LogP contribution in [0.15, 0.2) is 36.4 Å². The Morgan fingerprint density at radius 2 is 1.70 bits per heavy atom. The lowest BCUT2D eigenvalue weighted by atomic mass is 10.0. The molecule has 0 unspecified atom stereocenters. The summed E-state index contributed by atoms with van der Waals surface area (Å²) >= 11 is 0. The molecule has 0 bridgehead atoms. The van der Waals surface area contributed by atoms with Crippen molar-refractivity contribution in [1.29, 1.82) is 0 Å². The van der Waals surface area contributed by atoms with E-state index in [0.29, 0.717) is 37.5 Å². The summed E-state index contributed by atoms with van der Waals surface area (Å²) in [6.45, 7) is 8.42. The zero-order valence-corrected chi connectivity index (χ0v) is 22.0. The van der Waals surface area contributed by atoms with Gasteiger partial charge in [-0.2, -0.15) is 0 Å². The molecule has 2 aromatic carbocycles. The maximum absolute atomic E-state index is 13.4. The van der Waals surface area contributed by atoms with Crippen LogP contribution in [0.3, 0.4) is 0 Å². The van der Waals surface area contributed by atoms with Crippen molar-refractivity contribution < 1.29 is 14.4 Å². The van der Waals surface area contributed by atoms with Crippen LogP contribution in [0, 0.1) is 12.8 Å². The number of nitrogens with zero attached hydrogens (tertiary/aromatic N) is 3. The summed E-state index contributed by atoms with van der Waals surface area (Å²) in [5.41, 5.74) is 5.96. The molecule has 4 rings (SSSR count). The molecule has 0 atom stereocenters. The summed E-state index contributed by atoms with van der Waals surface area (Å²) in [6.07, 6.45) is 3.25. The minimum atomic E-state index is -0.117. The topological polar surface area (TPSA) is 73.0 Å². The number of aryl methyl sites for hydroxylation is 2. The molecule has 0 fully saturated rings. The lowest BCUT2D eigenvalue weighted by Crippen LogP contribution is -2.48. The highest BCUT2D eigenvalue weighted by Crippen LogP contribution is 2.31. The van der Waals surface area contributed by atoms with Gasteiger partial charge in [0, 0.05) is 44.4 Å². The standard InChI is InChI=1S/C29H38N4O3.CH4/c1-20(2)8-7-13-30-28(35)18-32(26-15-25-22(14-21(26)3)11-12-27(25)34)19-29(36)31(4)33-16-23-9-5-6-10-24(23)17-33;/h5-6,9-10,14-15,20H,7-8,11-13,16-19H2,1-4H3,(H,30,35);1H4. The largest absolute Gasteiger partial charge is 0.355 e. The minimum Gasteiger partial charge on any atom is -0.355 e. The lowest BCUT2D eigenvalue weighted by Gasteiger charge is -2.32. The fraction of sp³-hybridized carbons (Fsp3) is 0.500. The first-order chi connectivity index (χ1) is 17.2. The second kappa shape index (κ2) is 12.4. The molecule has 2 aromatic rings. The molecule has 2 amide bonds. The molecule has 2 aliphatic rings. The number of ketones is 1. The molecule has 0 saturated carbocycles. The van der Waals surface area contributed by atoms with Gasteiger partial charge < -0.3 is 10.2 Å². The summed E-state index contributed by atoms with van der Waals surface area (Å²) in [6, 6.07) is 12.1. The van der Waals surface area contributed by atoms with E-state index in [1.54, 1.807) is 12.1 Å². The van der Waals surface area contributed by atoms with Crippen molar-refractivity contribution in [2.24, 2.45) is 5.92 Å². The second-order valence-corrected chi connectivity index (χ2v) is 10.5. The van der Waals surface area contributed by atoms with Gasteiger partial charge in [-0.25, -0.2) is 5.01 Å². The molecule has 0 radical (unpaired) electrons. The van der Waals surface area contributed by atoms with Crippen LogP contribution in [-0.2, 0) is 29.1 Å². The fourth-order valence-electron chi connectivity index (χ4n) is 5.09. The summed E-state index contributed by atoms with van der Waals surface area (Å²) < 4.78 is 0. The quantitative estimate of drug-likeness (QED) is 0.480. The highest BCUT2D eigenvalue weighted by Gasteiger charge is 2.28. The Balaban J connectivity index is 0.00000380. The van der Waals surface area contributed by atoms with Crippen molar-refractivity contribution in [1.82, 2.24) is 15.3 Å². The van der Waals surface area contributed by atoms with E-state index in [-0.39, 0.29) is 38.1 Å². The van der Waals surface area contributed by atoms with Gasteiger partial charge in [0.05, 0.1) is 13.1 Å².